The summed E-state index contributed by atoms with van der Waals surface area (Å²) >= 11 is 0. The average Bonchev–Trinajstić information content (AvgIpc) is 2.88. The molecule has 11 heteroatoms. The zero-order valence-corrected chi connectivity index (χ0v) is 21.5. The predicted molar refractivity (Wildman–Crippen MR) is 133 cm³/mol. The zero-order valence-electron chi connectivity index (χ0n) is 20.7. The second-order valence-electron chi connectivity index (χ2n) is 8.42. The van der Waals surface area contributed by atoms with Crippen LogP contribution in [0.4, 0.5) is 0 Å². The first kappa shape index (κ1) is 27.4. The Morgan fingerprint density at radius 2 is 1.69 bits per heavy atom. The van der Waals surface area contributed by atoms with Gasteiger partial charge in [0.05, 0.1) is 25.7 Å². The van der Waals surface area contributed by atoms with Crippen LogP contribution in [0.15, 0.2) is 53.4 Å². The van der Waals surface area contributed by atoms with Crippen molar-refractivity contribution in [1.82, 2.24) is 15.4 Å². The average molecular weight is 520 g/mol. The largest absolute Gasteiger partial charge is 0.493 e. The van der Waals surface area contributed by atoms with Gasteiger partial charge in [-0.15, -0.1) is 0 Å². The van der Waals surface area contributed by atoms with Gasteiger partial charge in [0.25, 0.3) is 0 Å². The fourth-order valence-electron chi connectivity index (χ4n) is 4.11. The highest BCUT2D eigenvalue weighted by molar-refractivity contribution is 7.89. The molecule has 2 aromatic rings. The van der Waals surface area contributed by atoms with Crippen LogP contribution in [0.5, 0.6) is 11.5 Å². The second-order valence-corrected chi connectivity index (χ2v) is 10.1. The minimum absolute atomic E-state index is 0.0721. The first-order valence-corrected chi connectivity index (χ1v) is 13.2. The van der Waals surface area contributed by atoms with Gasteiger partial charge in [0.15, 0.2) is 11.5 Å². The highest BCUT2D eigenvalue weighted by Gasteiger charge is 2.44. The van der Waals surface area contributed by atoms with Crippen LogP contribution in [-0.4, -0.2) is 65.8 Å². The molecule has 2 aromatic carbocycles. The molecule has 1 aliphatic heterocycles. The Morgan fingerprint density at radius 3 is 2.31 bits per heavy atom. The van der Waals surface area contributed by atoms with Crippen LogP contribution in [-0.2, 0) is 30.8 Å². The number of ether oxygens (including phenoxy) is 3. The van der Waals surface area contributed by atoms with E-state index in [2.05, 4.69) is 15.4 Å². The Morgan fingerprint density at radius 1 is 1.03 bits per heavy atom. The zero-order chi connectivity index (χ0) is 26.2. The number of rotatable bonds is 11. The van der Waals surface area contributed by atoms with Crippen LogP contribution >= 0.6 is 0 Å². The van der Waals surface area contributed by atoms with Crippen molar-refractivity contribution in [2.75, 3.05) is 33.9 Å². The number of carbonyl (C=O) groups is 2. The van der Waals surface area contributed by atoms with Gasteiger partial charge in [-0.3, -0.25) is 4.79 Å². The SMILES string of the molecule is CCOC(=O)C(Cc1ccccc1)NC(=O)C1(NS(=O)(=O)c2ccc(OC)c(OC)c2)CCNCC1. The van der Waals surface area contributed by atoms with Crippen molar-refractivity contribution in [2.45, 2.75) is 42.7 Å². The van der Waals surface area contributed by atoms with E-state index in [1.165, 1.54) is 32.4 Å². The molecule has 1 fully saturated rings. The molecule has 1 saturated heterocycles. The van der Waals surface area contributed by atoms with Crippen molar-refractivity contribution < 1.29 is 32.2 Å². The first-order chi connectivity index (χ1) is 17.2. The van der Waals surface area contributed by atoms with Gasteiger partial charge in [-0.25, -0.2) is 13.2 Å². The van der Waals surface area contributed by atoms with Gasteiger partial charge < -0.3 is 24.8 Å². The third-order valence-corrected chi connectivity index (χ3v) is 7.58. The van der Waals surface area contributed by atoms with Gasteiger partial charge in [0.2, 0.25) is 15.9 Å². The molecule has 1 amide bonds. The number of sulfonamides is 1. The maximum absolute atomic E-state index is 13.6. The topological polar surface area (TPSA) is 132 Å². The number of hydrogen-bond acceptors (Lipinski definition) is 8. The van der Waals surface area contributed by atoms with E-state index in [0.29, 0.717) is 18.8 Å². The molecule has 0 bridgehead atoms. The van der Waals surface area contributed by atoms with E-state index in [9.17, 15) is 18.0 Å². The highest BCUT2D eigenvalue weighted by atomic mass is 32.2. The van der Waals surface area contributed by atoms with E-state index in [1.54, 1.807) is 6.92 Å². The molecule has 1 heterocycles. The third kappa shape index (κ3) is 6.54. The number of carbonyl (C=O) groups excluding carboxylic acids is 2. The number of amides is 1. The number of benzene rings is 2. The Bertz CT molecular complexity index is 1150. The number of nitrogens with one attached hydrogen (secondary N) is 3. The van der Waals surface area contributed by atoms with Crippen molar-refractivity contribution in [3.05, 3.63) is 54.1 Å². The molecule has 0 aromatic heterocycles. The molecule has 0 radical (unpaired) electrons. The summed E-state index contributed by atoms with van der Waals surface area (Å²) in [5.74, 6) is -0.540. The van der Waals surface area contributed by atoms with Crippen LogP contribution in [0.1, 0.15) is 25.3 Å². The quantitative estimate of drug-likeness (QED) is 0.380. The lowest BCUT2D eigenvalue weighted by Gasteiger charge is -2.37. The molecule has 3 rings (SSSR count). The standard InChI is InChI=1S/C25H33N3O7S/c1-4-35-23(29)20(16-18-8-6-5-7-9-18)27-24(30)25(12-14-26-15-13-25)28-36(31,32)19-10-11-21(33-2)22(17-19)34-3/h5-11,17,20,26,28H,4,12-16H2,1-3H3,(H,27,30). The third-order valence-electron chi connectivity index (χ3n) is 6.05. The van der Waals surface area contributed by atoms with Gasteiger partial charge in [-0.05, 0) is 50.6 Å². The molecule has 1 unspecified atom stereocenters. The molecule has 3 N–H and O–H groups in total. The molecule has 1 aliphatic rings. The summed E-state index contributed by atoms with van der Waals surface area (Å²) in [5.41, 5.74) is -0.625. The van der Waals surface area contributed by atoms with E-state index >= 15 is 0 Å². The monoisotopic (exact) mass is 519 g/mol. The summed E-state index contributed by atoms with van der Waals surface area (Å²) < 4.78 is 45.0. The predicted octanol–water partition coefficient (Wildman–Crippen LogP) is 1.39. The lowest BCUT2D eigenvalue weighted by atomic mass is 9.88. The fraction of sp³-hybridized carbons (Fsp3) is 0.440. The number of methoxy groups -OCH3 is 2. The Balaban J connectivity index is 1.89. The van der Waals surface area contributed by atoms with E-state index in [0.717, 1.165) is 5.56 Å². The van der Waals surface area contributed by atoms with Crippen LogP contribution < -0.4 is 24.8 Å². The maximum Gasteiger partial charge on any atom is 0.328 e. The molecule has 0 aliphatic carbocycles. The van der Waals surface area contributed by atoms with Crippen molar-refractivity contribution in [3.63, 3.8) is 0 Å². The van der Waals surface area contributed by atoms with Gasteiger partial charge in [-0.2, -0.15) is 4.72 Å². The molecule has 36 heavy (non-hydrogen) atoms. The molecule has 1 atom stereocenters. The maximum atomic E-state index is 13.6. The van der Waals surface area contributed by atoms with Crippen LogP contribution in [0.2, 0.25) is 0 Å². The van der Waals surface area contributed by atoms with E-state index in [1.807, 2.05) is 30.3 Å². The van der Waals surface area contributed by atoms with Gasteiger partial charge in [0, 0.05) is 12.5 Å². The normalized spacial score (nSPS) is 16.0. The highest BCUT2D eigenvalue weighted by Crippen LogP contribution is 2.31. The van der Waals surface area contributed by atoms with Crippen LogP contribution in [0.3, 0.4) is 0 Å². The molecule has 196 valence electrons. The number of hydrogen-bond donors (Lipinski definition) is 3. The van der Waals surface area contributed by atoms with Gasteiger partial charge in [0.1, 0.15) is 11.6 Å². The summed E-state index contributed by atoms with van der Waals surface area (Å²) in [6.45, 7) is 2.68. The lowest BCUT2D eigenvalue weighted by molar-refractivity contribution is -0.148. The molecular weight excluding hydrogens is 486 g/mol. The Kier molecular flexibility index (Phi) is 9.30. The smallest absolute Gasteiger partial charge is 0.328 e. The summed E-state index contributed by atoms with van der Waals surface area (Å²) in [6.07, 6.45) is 0.612. The van der Waals surface area contributed by atoms with Crippen molar-refractivity contribution >= 4 is 21.9 Å². The van der Waals surface area contributed by atoms with Crippen molar-refractivity contribution in [3.8, 4) is 11.5 Å². The van der Waals surface area contributed by atoms with E-state index in [4.69, 9.17) is 14.2 Å². The summed E-state index contributed by atoms with van der Waals surface area (Å²) in [7, 11) is -1.28. The molecule has 10 nitrogen and oxygen atoms in total. The number of esters is 1. The van der Waals surface area contributed by atoms with Crippen molar-refractivity contribution in [2.24, 2.45) is 0 Å². The van der Waals surface area contributed by atoms with E-state index < -0.39 is 33.5 Å². The van der Waals surface area contributed by atoms with Crippen LogP contribution in [0, 0.1) is 0 Å². The molecule has 0 spiro atoms. The van der Waals surface area contributed by atoms with Crippen molar-refractivity contribution in [1.29, 1.82) is 0 Å². The molecular formula is C25H33N3O7S. The minimum atomic E-state index is -4.14. The minimum Gasteiger partial charge on any atom is -0.493 e. The second kappa shape index (κ2) is 12.2. The fourth-order valence-corrected chi connectivity index (χ4v) is 5.55. The molecule has 0 saturated carbocycles. The van der Waals surface area contributed by atoms with Crippen LogP contribution in [0.25, 0.3) is 0 Å². The van der Waals surface area contributed by atoms with Gasteiger partial charge in [-0.1, -0.05) is 30.3 Å². The van der Waals surface area contributed by atoms with E-state index in [-0.39, 0.29) is 36.5 Å². The summed E-state index contributed by atoms with van der Waals surface area (Å²) in [6, 6.07) is 12.5. The van der Waals surface area contributed by atoms with Gasteiger partial charge >= 0.3 is 5.97 Å². The first-order valence-electron chi connectivity index (χ1n) is 11.7. The lowest BCUT2D eigenvalue weighted by Crippen LogP contribution is -2.64. The Labute approximate surface area is 211 Å². The summed E-state index contributed by atoms with van der Waals surface area (Å²) in [4.78, 5) is 26.3. The Hall–Kier alpha value is -3.15. The number of piperidine rings is 1. The summed E-state index contributed by atoms with van der Waals surface area (Å²) in [5, 5.41) is 5.91.